The minimum atomic E-state index is -0.309. The number of nitrogens with one attached hydrogen (secondary N) is 1. The Morgan fingerprint density at radius 1 is 1.17 bits per heavy atom. The first-order valence-corrected chi connectivity index (χ1v) is 12.0. The third kappa shape index (κ3) is 4.71. The molecule has 0 aliphatic carbocycles. The minimum Gasteiger partial charge on any atom is -0.352 e. The van der Waals surface area contributed by atoms with Gasteiger partial charge in [0.1, 0.15) is 11.3 Å². The van der Waals surface area contributed by atoms with Gasteiger partial charge in [0.05, 0.1) is 28.4 Å². The van der Waals surface area contributed by atoms with Crippen LogP contribution in [-0.4, -0.2) is 39.0 Å². The van der Waals surface area contributed by atoms with E-state index in [-0.39, 0.29) is 17.6 Å². The van der Waals surface area contributed by atoms with Crippen LogP contribution >= 0.6 is 11.6 Å². The molecule has 5 rings (SSSR count). The molecule has 9 heteroatoms. The van der Waals surface area contributed by atoms with Gasteiger partial charge in [0, 0.05) is 24.7 Å². The third-order valence-electron chi connectivity index (χ3n) is 6.50. The highest BCUT2D eigenvalue weighted by Gasteiger charge is 2.29. The molecule has 0 saturated carbocycles. The van der Waals surface area contributed by atoms with Crippen molar-refractivity contribution in [2.45, 2.75) is 33.2 Å². The molecule has 1 atom stereocenters. The molecule has 1 fully saturated rings. The Hall–Kier alpha value is -3.52. The second kappa shape index (κ2) is 9.62. The predicted molar refractivity (Wildman–Crippen MR) is 134 cm³/mol. The molecule has 1 amide bonds. The highest BCUT2D eigenvalue weighted by atomic mass is 35.5. The smallest absolute Gasteiger partial charge is 0.225 e. The fourth-order valence-electron chi connectivity index (χ4n) is 4.72. The maximum atomic E-state index is 13.5. The van der Waals surface area contributed by atoms with Crippen LogP contribution in [0.3, 0.4) is 0 Å². The minimum absolute atomic E-state index is 0.0434. The van der Waals surface area contributed by atoms with Crippen LogP contribution in [0.15, 0.2) is 48.5 Å². The fraction of sp³-hybridized carbons (Fsp3) is 0.308. The lowest BCUT2D eigenvalue weighted by molar-refractivity contribution is -0.125. The molecule has 0 radical (unpaired) electrons. The van der Waals surface area contributed by atoms with E-state index in [1.165, 1.54) is 12.1 Å². The Labute approximate surface area is 207 Å². The number of fused-ring (bicyclic) bond motifs is 1. The maximum absolute atomic E-state index is 13.5. The van der Waals surface area contributed by atoms with Crippen LogP contribution in [0.2, 0.25) is 5.02 Å². The number of halogens is 2. The van der Waals surface area contributed by atoms with E-state index < -0.39 is 0 Å². The highest BCUT2D eigenvalue weighted by Crippen LogP contribution is 2.31. The summed E-state index contributed by atoms with van der Waals surface area (Å²) in [6, 6.07) is 13.8. The zero-order valence-electron chi connectivity index (χ0n) is 19.6. The molecule has 2 aromatic heterocycles. The zero-order chi connectivity index (χ0) is 24.5. The average molecular weight is 493 g/mol. The summed E-state index contributed by atoms with van der Waals surface area (Å²) in [4.78, 5) is 15.0. The van der Waals surface area contributed by atoms with Gasteiger partial charge in [0.2, 0.25) is 5.91 Å². The molecule has 0 spiro atoms. The van der Waals surface area contributed by atoms with Crippen molar-refractivity contribution in [2.75, 3.05) is 18.0 Å². The lowest BCUT2D eigenvalue weighted by atomic mass is 9.97. The van der Waals surface area contributed by atoms with Crippen molar-refractivity contribution in [2.24, 2.45) is 5.92 Å². The van der Waals surface area contributed by atoms with E-state index in [0.717, 1.165) is 52.9 Å². The largest absolute Gasteiger partial charge is 0.352 e. The van der Waals surface area contributed by atoms with Gasteiger partial charge in [-0.05, 0) is 68.7 Å². The first kappa shape index (κ1) is 23.2. The van der Waals surface area contributed by atoms with Gasteiger partial charge in [-0.2, -0.15) is 10.2 Å². The highest BCUT2D eigenvalue weighted by molar-refractivity contribution is 6.30. The van der Waals surface area contributed by atoms with Crippen LogP contribution < -0.4 is 10.2 Å². The van der Waals surface area contributed by atoms with E-state index in [0.29, 0.717) is 23.9 Å². The molecule has 1 aliphatic rings. The maximum Gasteiger partial charge on any atom is 0.225 e. The normalized spacial score (nSPS) is 16.0. The molecule has 180 valence electrons. The number of aromatic nitrogens is 4. The Kier molecular flexibility index (Phi) is 6.38. The molecule has 1 aliphatic heterocycles. The van der Waals surface area contributed by atoms with E-state index in [1.54, 1.807) is 12.1 Å². The molecule has 4 aromatic rings. The summed E-state index contributed by atoms with van der Waals surface area (Å²) in [6.45, 7) is 5.54. The van der Waals surface area contributed by atoms with E-state index in [1.807, 2.05) is 42.8 Å². The van der Waals surface area contributed by atoms with Gasteiger partial charge in [-0.1, -0.05) is 23.7 Å². The summed E-state index contributed by atoms with van der Waals surface area (Å²) in [6.07, 6.45) is 1.64. The number of amides is 1. The number of hydrogen-bond donors (Lipinski definition) is 1. The van der Waals surface area contributed by atoms with Crippen LogP contribution in [0.25, 0.3) is 16.6 Å². The SMILES string of the molecule is Cc1nnc(N2CCC[C@@H](C(=O)NCc3cccc(F)c3)C2)c2nn(-c3ccc(Cl)cc3)c(C)c12. The molecule has 3 heterocycles. The second-order valence-corrected chi connectivity index (χ2v) is 9.38. The van der Waals surface area contributed by atoms with Crippen molar-refractivity contribution >= 4 is 34.2 Å². The molecular weight excluding hydrogens is 467 g/mol. The quantitative estimate of drug-likeness (QED) is 0.435. The molecule has 2 aromatic carbocycles. The van der Waals surface area contributed by atoms with E-state index in [9.17, 15) is 9.18 Å². The Morgan fingerprint density at radius 3 is 2.74 bits per heavy atom. The van der Waals surface area contributed by atoms with Crippen LogP contribution in [0.5, 0.6) is 0 Å². The number of benzene rings is 2. The van der Waals surface area contributed by atoms with Gasteiger partial charge in [-0.15, -0.1) is 5.10 Å². The first-order chi connectivity index (χ1) is 16.9. The van der Waals surface area contributed by atoms with Crippen LogP contribution in [0.1, 0.15) is 29.8 Å². The Morgan fingerprint density at radius 2 is 1.97 bits per heavy atom. The van der Waals surface area contributed by atoms with Crippen molar-refractivity contribution in [1.82, 2.24) is 25.3 Å². The summed E-state index contributed by atoms with van der Waals surface area (Å²) < 4.78 is 15.3. The zero-order valence-corrected chi connectivity index (χ0v) is 20.4. The van der Waals surface area contributed by atoms with Gasteiger partial charge in [0.25, 0.3) is 0 Å². The van der Waals surface area contributed by atoms with Gasteiger partial charge >= 0.3 is 0 Å². The summed E-state index contributed by atoms with van der Waals surface area (Å²) in [7, 11) is 0. The van der Waals surface area contributed by atoms with Gasteiger partial charge in [-0.25, -0.2) is 9.07 Å². The van der Waals surface area contributed by atoms with Crippen molar-refractivity contribution in [1.29, 1.82) is 0 Å². The number of nitrogens with zero attached hydrogens (tertiary/aromatic N) is 5. The predicted octanol–water partition coefficient (Wildman–Crippen LogP) is 4.76. The van der Waals surface area contributed by atoms with E-state index in [4.69, 9.17) is 16.7 Å². The Balaban J connectivity index is 1.39. The molecule has 0 unspecified atom stereocenters. The molecular formula is C26H26ClFN6O. The fourth-order valence-corrected chi connectivity index (χ4v) is 4.85. The molecule has 0 bridgehead atoms. The molecule has 35 heavy (non-hydrogen) atoms. The lowest BCUT2D eigenvalue weighted by Crippen LogP contribution is -2.43. The van der Waals surface area contributed by atoms with Gasteiger partial charge in [-0.3, -0.25) is 4.79 Å². The van der Waals surface area contributed by atoms with Crippen molar-refractivity contribution in [3.63, 3.8) is 0 Å². The van der Waals surface area contributed by atoms with Crippen molar-refractivity contribution in [3.8, 4) is 5.69 Å². The summed E-state index contributed by atoms with van der Waals surface area (Å²) in [5.74, 6) is 0.132. The van der Waals surface area contributed by atoms with Gasteiger partial charge < -0.3 is 10.2 Å². The standard InChI is InChI=1S/C26H26ClFN6O/c1-16-23-17(2)34(22-10-8-20(27)9-11-22)32-24(23)25(31-30-16)33-12-4-6-19(15-33)26(35)29-14-18-5-3-7-21(28)13-18/h3,5,7-11,13,19H,4,6,12,14-15H2,1-2H3,(H,29,35)/t19-/m1/s1. The third-order valence-corrected chi connectivity index (χ3v) is 6.76. The molecule has 1 saturated heterocycles. The number of aryl methyl sites for hydroxylation is 2. The van der Waals surface area contributed by atoms with Crippen molar-refractivity contribution in [3.05, 3.63) is 76.3 Å². The molecule has 7 nitrogen and oxygen atoms in total. The first-order valence-electron chi connectivity index (χ1n) is 11.7. The number of carbonyl (C=O) groups excluding carboxylic acids is 1. The van der Waals surface area contributed by atoms with E-state index in [2.05, 4.69) is 20.4 Å². The average Bonchev–Trinajstić information content (AvgIpc) is 3.21. The van der Waals surface area contributed by atoms with E-state index >= 15 is 0 Å². The number of piperidine rings is 1. The lowest BCUT2D eigenvalue weighted by Gasteiger charge is -2.32. The topological polar surface area (TPSA) is 75.9 Å². The van der Waals surface area contributed by atoms with Crippen LogP contribution in [0.4, 0.5) is 10.2 Å². The summed E-state index contributed by atoms with van der Waals surface area (Å²) >= 11 is 6.07. The summed E-state index contributed by atoms with van der Waals surface area (Å²) in [5.41, 5.74) is 4.19. The number of anilines is 1. The monoisotopic (exact) mass is 492 g/mol. The second-order valence-electron chi connectivity index (χ2n) is 8.94. The summed E-state index contributed by atoms with van der Waals surface area (Å²) in [5, 5.41) is 18.4. The van der Waals surface area contributed by atoms with Gasteiger partial charge in [0.15, 0.2) is 5.82 Å². The molecule has 1 N–H and O–H groups in total. The number of carbonyl (C=O) groups is 1. The Bertz CT molecular complexity index is 1390. The van der Waals surface area contributed by atoms with Crippen LogP contribution in [0, 0.1) is 25.6 Å². The van der Waals surface area contributed by atoms with Crippen molar-refractivity contribution < 1.29 is 9.18 Å². The number of rotatable bonds is 5. The van der Waals surface area contributed by atoms with Crippen LogP contribution in [-0.2, 0) is 11.3 Å². The number of hydrogen-bond acceptors (Lipinski definition) is 5.